The number of thiocarbonyl (C=S) groups is 1. The van der Waals surface area contributed by atoms with Gasteiger partial charge in [0.2, 0.25) is 0 Å². The zero-order valence-corrected chi connectivity index (χ0v) is 13.6. The molecule has 5 heteroatoms. The van der Waals surface area contributed by atoms with Crippen LogP contribution >= 0.6 is 12.2 Å². The Labute approximate surface area is 131 Å². The van der Waals surface area contributed by atoms with Gasteiger partial charge in [-0.25, -0.2) is 4.98 Å². The minimum absolute atomic E-state index is 0.338. The molecule has 0 saturated heterocycles. The first-order chi connectivity index (χ1) is 9.88. The lowest BCUT2D eigenvalue weighted by Crippen LogP contribution is -2.14. The highest BCUT2D eigenvalue weighted by Gasteiger charge is 2.09. The Kier molecular flexibility index (Phi) is 4.43. The summed E-state index contributed by atoms with van der Waals surface area (Å²) in [5.74, 6) is 0.691. The number of aromatic nitrogens is 1. The molecule has 0 fully saturated rings. The summed E-state index contributed by atoms with van der Waals surface area (Å²) in [5, 5.41) is 3.31. The Hall–Kier alpha value is -2.14. The number of hydrogen-bond acceptors (Lipinski definition) is 4. The van der Waals surface area contributed by atoms with Crippen LogP contribution in [0.1, 0.15) is 16.8 Å². The molecule has 4 nitrogen and oxygen atoms in total. The number of hydrogen-bond donors (Lipinski definition) is 2. The molecule has 2 aromatic rings. The second kappa shape index (κ2) is 6.10. The second-order valence-electron chi connectivity index (χ2n) is 5.23. The van der Waals surface area contributed by atoms with Gasteiger partial charge in [-0.3, -0.25) is 0 Å². The SMILES string of the molecule is Cc1ccc(C(N)=S)c(Nc2ccc(C)c(N(C)C)c2)n1. The Bertz CT molecular complexity index is 680. The highest BCUT2D eigenvalue weighted by Crippen LogP contribution is 2.26. The van der Waals surface area contributed by atoms with E-state index in [0.717, 1.165) is 22.6 Å². The van der Waals surface area contributed by atoms with Crippen LogP contribution in [0.5, 0.6) is 0 Å². The van der Waals surface area contributed by atoms with Gasteiger partial charge in [0.05, 0.1) is 5.56 Å². The molecule has 1 heterocycles. The Morgan fingerprint density at radius 3 is 2.52 bits per heavy atom. The molecule has 1 aromatic carbocycles. The van der Waals surface area contributed by atoms with E-state index in [9.17, 15) is 0 Å². The van der Waals surface area contributed by atoms with Crippen LogP contribution in [0.3, 0.4) is 0 Å². The molecule has 0 radical (unpaired) electrons. The number of rotatable bonds is 4. The number of aryl methyl sites for hydroxylation is 2. The third-order valence-corrected chi connectivity index (χ3v) is 3.47. The van der Waals surface area contributed by atoms with Crippen molar-refractivity contribution in [3.63, 3.8) is 0 Å². The molecule has 110 valence electrons. The summed E-state index contributed by atoms with van der Waals surface area (Å²) in [6.45, 7) is 4.03. The number of nitrogens with two attached hydrogens (primary N) is 1. The van der Waals surface area contributed by atoms with Crippen LogP contribution in [0, 0.1) is 13.8 Å². The average Bonchev–Trinajstić information content (AvgIpc) is 2.40. The molecular weight excluding hydrogens is 280 g/mol. The maximum atomic E-state index is 5.76. The number of nitrogens with one attached hydrogen (secondary N) is 1. The normalized spacial score (nSPS) is 10.3. The third-order valence-electron chi connectivity index (χ3n) is 3.25. The number of pyridine rings is 1. The van der Waals surface area contributed by atoms with E-state index in [1.54, 1.807) is 0 Å². The first-order valence-corrected chi connectivity index (χ1v) is 7.12. The Morgan fingerprint density at radius 1 is 1.19 bits per heavy atom. The van der Waals surface area contributed by atoms with Crippen LogP contribution in [0.25, 0.3) is 0 Å². The van der Waals surface area contributed by atoms with E-state index in [0.29, 0.717) is 10.8 Å². The summed E-state index contributed by atoms with van der Waals surface area (Å²) in [5.41, 5.74) is 10.8. The van der Waals surface area contributed by atoms with E-state index in [4.69, 9.17) is 18.0 Å². The molecule has 0 unspecified atom stereocenters. The smallest absolute Gasteiger partial charge is 0.140 e. The van der Waals surface area contributed by atoms with Gasteiger partial charge in [-0.05, 0) is 43.7 Å². The summed E-state index contributed by atoms with van der Waals surface area (Å²) >= 11 is 5.09. The van der Waals surface area contributed by atoms with E-state index < -0.39 is 0 Å². The number of nitrogens with zero attached hydrogens (tertiary/aromatic N) is 2. The van der Waals surface area contributed by atoms with Gasteiger partial charge in [-0.2, -0.15) is 0 Å². The van der Waals surface area contributed by atoms with Crippen LogP contribution in [-0.2, 0) is 0 Å². The van der Waals surface area contributed by atoms with Crippen LogP contribution < -0.4 is 16.0 Å². The summed E-state index contributed by atoms with van der Waals surface area (Å²) in [6, 6.07) is 9.99. The monoisotopic (exact) mass is 300 g/mol. The second-order valence-corrected chi connectivity index (χ2v) is 5.67. The summed E-state index contributed by atoms with van der Waals surface area (Å²) in [4.78, 5) is 6.91. The van der Waals surface area contributed by atoms with Crippen molar-refractivity contribution >= 4 is 34.4 Å². The number of benzene rings is 1. The molecule has 0 saturated carbocycles. The van der Waals surface area contributed by atoms with Crippen LogP contribution in [-0.4, -0.2) is 24.1 Å². The predicted octanol–water partition coefficient (Wildman–Crippen LogP) is 3.14. The predicted molar refractivity (Wildman–Crippen MR) is 93.7 cm³/mol. The highest BCUT2D eigenvalue weighted by molar-refractivity contribution is 7.80. The van der Waals surface area contributed by atoms with Gasteiger partial charge >= 0.3 is 0 Å². The minimum Gasteiger partial charge on any atom is -0.389 e. The van der Waals surface area contributed by atoms with Crippen molar-refractivity contribution in [2.45, 2.75) is 13.8 Å². The summed E-state index contributed by atoms with van der Waals surface area (Å²) in [7, 11) is 4.05. The Balaban J connectivity index is 2.40. The molecule has 0 spiro atoms. The van der Waals surface area contributed by atoms with Gasteiger partial charge in [0.25, 0.3) is 0 Å². The van der Waals surface area contributed by atoms with Crippen molar-refractivity contribution in [2.75, 3.05) is 24.3 Å². The van der Waals surface area contributed by atoms with Crippen molar-refractivity contribution < 1.29 is 0 Å². The van der Waals surface area contributed by atoms with Gasteiger partial charge in [0.1, 0.15) is 10.8 Å². The average molecular weight is 300 g/mol. The lowest BCUT2D eigenvalue weighted by atomic mass is 10.1. The van der Waals surface area contributed by atoms with Crippen molar-refractivity contribution in [3.05, 3.63) is 47.2 Å². The van der Waals surface area contributed by atoms with Crippen molar-refractivity contribution in [3.8, 4) is 0 Å². The molecule has 0 aliphatic rings. The minimum atomic E-state index is 0.338. The van der Waals surface area contributed by atoms with Crippen molar-refractivity contribution in [2.24, 2.45) is 5.73 Å². The van der Waals surface area contributed by atoms with E-state index in [1.807, 2.05) is 39.2 Å². The van der Waals surface area contributed by atoms with Crippen molar-refractivity contribution in [1.82, 2.24) is 4.98 Å². The molecule has 21 heavy (non-hydrogen) atoms. The lowest BCUT2D eigenvalue weighted by Gasteiger charge is -2.18. The van der Waals surface area contributed by atoms with E-state index in [1.165, 1.54) is 5.56 Å². The zero-order valence-electron chi connectivity index (χ0n) is 12.8. The van der Waals surface area contributed by atoms with Crippen molar-refractivity contribution in [1.29, 1.82) is 0 Å². The van der Waals surface area contributed by atoms with E-state index in [2.05, 4.69) is 34.3 Å². The molecule has 0 bridgehead atoms. The third kappa shape index (κ3) is 3.49. The maximum absolute atomic E-state index is 5.76. The van der Waals surface area contributed by atoms with Crippen LogP contribution in [0.2, 0.25) is 0 Å². The lowest BCUT2D eigenvalue weighted by molar-refractivity contribution is 1.11. The first kappa shape index (κ1) is 15.3. The van der Waals surface area contributed by atoms with Gasteiger partial charge in [-0.1, -0.05) is 18.3 Å². The molecule has 0 amide bonds. The molecule has 0 aliphatic heterocycles. The molecule has 2 rings (SSSR count). The van der Waals surface area contributed by atoms with Gasteiger partial charge in [-0.15, -0.1) is 0 Å². The topological polar surface area (TPSA) is 54.2 Å². The Morgan fingerprint density at radius 2 is 1.90 bits per heavy atom. The standard InChI is InChI=1S/C16H20N4S/c1-10-5-7-12(9-14(10)20(3)4)19-16-13(15(17)21)8-6-11(2)18-16/h5-9H,1-4H3,(H2,17,21)(H,18,19). The fourth-order valence-electron chi connectivity index (χ4n) is 2.16. The van der Waals surface area contributed by atoms with Gasteiger partial charge < -0.3 is 16.0 Å². The fourth-order valence-corrected chi connectivity index (χ4v) is 2.32. The van der Waals surface area contributed by atoms with E-state index >= 15 is 0 Å². The fraction of sp³-hybridized carbons (Fsp3) is 0.250. The van der Waals surface area contributed by atoms with Crippen LogP contribution in [0.4, 0.5) is 17.2 Å². The van der Waals surface area contributed by atoms with E-state index in [-0.39, 0.29) is 0 Å². The quantitative estimate of drug-likeness (QED) is 0.850. The molecule has 1 aromatic heterocycles. The molecule has 0 aliphatic carbocycles. The molecule has 3 N–H and O–H groups in total. The molecular formula is C16H20N4S. The zero-order chi connectivity index (χ0) is 15.6. The van der Waals surface area contributed by atoms with Gasteiger partial charge in [0, 0.05) is 31.2 Å². The summed E-state index contributed by atoms with van der Waals surface area (Å²) in [6.07, 6.45) is 0. The molecule has 0 atom stereocenters. The first-order valence-electron chi connectivity index (χ1n) is 6.71. The highest BCUT2D eigenvalue weighted by atomic mass is 32.1. The number of anilines is 3. The van der Waals surface area contributed by atoms with Gasteiger partial charge in [0.15, 0.2) is 0 Å². The van der Waals surface area contributed by atoms with Crippen LogP contribution in [0.15, 0.2) is 30.3 Å². The summed E-state index contributed by atoms with van der Waals surface area (Å²) < 4.78 is 0. The largest absolute Gasteiger partial charge is 0.389 e. The maximum Gasteiger partial charge on any atom is 0.140 e.